The van der Waals surface area contributed by atoms with Crippen LogP contribution >= 0.6 is 11.6 Å². The summed E-state index contributed by atoms with van der Waals surface area (Å²) < 4.78 is 9.42. The molecule has 1 N–H and O–H groups in total. The lowest BCUT2D eigenvalue weighted by Gasteiger charge is -2.15. The minimum atomic E-state index is -1.11. The standard InChI is InChI=1S/C11H13ClO4/c1-15-8-5-3-7(4-6-8)10(13)9(12)11(14)16-2/h3-6,9-10,13H,1-2H3/t9-,10-/m1/s1. The number of carbonyl (C=O) groups excluding carboxylic acids is 1. The highest BCUT2D eigenvalue weighted by atomic mass is 35.5. The summed E-state index contributed by atoms with van der Waals surface area (Å²) >= 11 is 5.73. The number of ether oxygens (including phenoxy) is 2. The summed E-state index contributed by atoms with van der Waals surface area (Å²) in [6, 6.07) is 6.64. The molecule has 0 aliphatic heterocycles. The number of alkyl halides is 1. The van der Waals surface area contributed by atoms with E-state index in [0.29, 0.717) is 11.3 Å². The third-order valence-electron chi connectivity index (χ3n) is 2.16. The highest BCUT2D eigenvalue weighted by molar-refractivity contribution is 6.30. The van der Waals surface area contributed by atoms with E-state index in [1.807, 2.05) is 0 Å². The van der Waals surface area contributed by atoms with Crippen molar-refractivity contribution >= 4 is 17.6 Å². The van der Waals surface area contributed by atoms with E-state index in [1.54, 1.807) is 31.4 Å². The van der Waals surface area contributed by atoms with Crippen molar-refractivity contribution in [2.45, 2.75) is 11.5 Å². The first-order chi connectivity index (χ1) is 7.60. The molecular weight excluding hydrogens is 232 g/mol. The Morgan fingerprint density at radius 2 is 1.88 bits per heavy atom. The fourth-order valence-electron chi connectivity index (χ4n) is 1.21. The van der Waals surface area contributed by atoms with Gasteiger partial charge in [-0.05, 0) is 17.7 Å². The molecule has 0 aliphatic rings. The monoisotopic (exact) mass is 244 g/mol. The highest BCUT2D eigenvalue weighted by Crippen LogP contribution is 2.23. The Morgan fingerprint density at radius 3 is 2.31 bits per heavy atom. The van der Waals surface area contributed by atoms with Crippen LogP contribution < -0.4 is 4.74 Å². The SMILES string of the molecule is COC(=O)[C@H](Cl)[C@H](O)c1ccc(OC)cc1. The maximum Gasteiger partial charge on any atom is 0.326 e. The van der Waals surface area contributed by atoms with Gasteiger partial charge in [0.15, 0.2) is 5.38 Å². The summed E-state index contributed by atoms with van der Waals surface area (Å²) in [5.41, 5.74) is 0.534. The summed E-state index contributed by atoms with van der Waals surface area (Å²) in [7, 11) is 2.77. The Kier molecular flexibility index (Phi) is 4.58. The summed E-state index contributed by atoms with van der Waals surface area (Å²) in [6.45, 7) is 0. The van der Waals surface area contributed by atoms with Gasteiger partial charge in [-0.1, -0.05) is 12.1 Å². The molecule has 0 spiro atoms. The molecule has 0 saturated carbocycles. The lowest BCUT2D eigenvalue weighted by molar-refractivity contribution is -0.142. The molecular formula is C11H13ClO4. The van der Waals surface area contributed by atoms with Gasteiger partial charge in [0.05, 0.1) is 14.2 Å². The molecule has 4 nitrogen and oxygen atoms in total. The van der Waals surface area contributed by atoms with E-state index in [4.69, 9.17) is 16.3 Å². The van der Waals surface area contributed by atoms with Crippen LogP contribution in [0.1, 0.15) is 11.7 Å². The van der Waals surface area contributed by atoms with E-state index in [-0.39, 0.29) is 0 Å². The molecule has 0 aliphatic carbocycles. The van der Waals surface area contributed by atoms with Crippen LogP contribution in [0.2, 0.25) is 0 Å². The molecule has 0 amide bonds. The van der Waals surface area contributed by atoms with E-state index in [1.165, 1.54) is 7.11 Å². The highest BCUT2D eigenvalue weighted by Gasteiger charge is 2.26. The molecule has 1 rings (SSSR count). The van der Waals surface area contributed by atoms with Crippen molar-refractivity contribution in [3.8, 4) is 5.75 Å². The molecule has 0 unspecified atom stereocenters. The van der Waals surface area contributed by atoms with Crippen molar-refractivity contribution in [2.75, 3.05) is 14.2 Å². The van der Waals surface area contributed by atoms with Gasteiger partial charge in [-0.3, -0.25) is 4.79 Å². The van der Waals surface area contributed by atoms with Gasteiger partial charge >= 0.3 is 5.97 Å². The zero-order valence-electron chi connectivity index (χ0n) is 9.01. The van der Waals surface area contributed by atoms with Crippen LogP contribution in [0.4, 0.5) is 0 Å². The summed E-state index contributed by atoms with van der Waals surface area (Å²) in [4.78, 5) is 11.1. The molecule has 1 aromatic rings. The Labute approximate surface area is 98.7 Å². The summed E-state index contributed by atoms with van der Waals surface area (Å²) in [5, 5.41) is 8.67. The lowest BCUT2D eigenvalue weighted by Crippen LogP contribution is -2.23. The molecule has 2 atom stereocenters. The minimum Gasteiger partial charge on any atom is -0.497 e. The second kappa shape index (κ2) is 5.72. The maximum absolute atomic E-state index is 11.1. The van der Waals surface area contributed by atoms with Crippen LogP contribution in [0.15, 0.2) is 24.3 Å². The normalized spacial score (nSPS) is 14.0. The van der Waals surface area contributed by atoms with Crippen LogP contribution in [-0.4, -0.2) is 30.7 Å². The number of halogens is 1. The third kappa shape index (κ3) is 2.87. The Hall–Kier alpha value is -1.26. The largest absolute Gasteiger partial charge is 0.497 e. The van der Waals surface area contributed by atoms with E-state index in [2.05, 4.69) is 4.74 Å². The number of rotatable bonds is 4. The topological polar surface area (TPSA) is 55.8 Å². The van der Waals surface area contributed by atoms with Crippen molar-refractivity contribution in [3.63, 3.8) is 0 Å². The summed E-state index contributed by atoms with van der Waals surface area (Å²) in [5.74, 6) is 0.00475. The van der Waals surface area contributed by atoms with Gasteiger partial charge in [0, 0.05) is 0 Å². The molecule has 0 heterocycles. The van der Waals surface area contributed by atoms with E-state index in [0.717, 1.165) is 0 Å². The second-order valence-electron chi connectivity index (χ2n) is 3.14. The summed E-state index contributed by atoms with van der Waals surface area (Å²) in [6.07, 6.45) is -1.10. The zero-order chi connectivity index (χ0) is 12.1. The van der Waals surface area contributed by atoms with Crippen LogP contribution in [0.5, 0.6) is 5.75 Å². The predicted octanol–water partition coefficient (Wildman–Crippen LogP) is 1.51. The van der Waals surface area contributed by atoms with E-state index in [9.17, 15) is 9.90 Å². The van der Waals surface area contributed by atoms with Crippen molar-refractivity contribution in [3.05, 3.63) is 29.8 Å². The average molecular weight is 245 g/mol. The Bertz CT molecular complexity index is 350. The van der Waals surface area contributed by atoms with Crippen molar-refractivity contribution in [1.29, 1.82) is 0 Å². The number of methoxy groups -OCH3 is 2. The molecule has 0 bridgehead atoms. The van der Waals surface area contributed by atoms with Crippen LogP contribution in [0.25, 0.3) is 0 Å². The van der Waals surface area contributed by atoms with Crippen molar-refractivity contribution in [2.24, 2.45) is 0 Å². The van der Waals surface area contributed by atoms with Gasteiger partial charge in [-0.25, -0.2) is 0 Å². The molecule has 0 radical (unpaired) electrons. The number of hydrogen-bond donors (Lipinski definition) is 1. The molecule has 0 saturated heterocycles. The van der Waals surface area contributed by atoms with E-state index >= 15 is 0 Å². The lowest BCUT2D eigenvalue weighted by atomic mass is 10.1. The quantitative estimate of drug-likeness (QED) is 0.644. The number of esters is 1. The maximum atomic E-state index is 11.1. The average Bonchev–Trinajstić information content (AvgIpc) is 2.36. The molecule has 1 aromatic carbocycles. The number of aliphatic hydroxyl groups excluding tert-OH is 1. The van der Waals surface area contributed by atoms with E-state index < -0.39 is 17.5 Å². The molecule has 5 heteroatoms. The Balaban J connectivity index is 2.79. The zero-order valence-corrected chi connectivity index (χ0v) is 9.77. The number of hydrogen-bond acceptors (Lipinski definition) is 4. The first kappa shape index (κ1) is 12.8. The fraction of sp³-hybridized carbons (Fsp3) is 0.364. The molecule has 0 fully saturated rings. The second-order valence-corrected chi connectivity index (χ2v) is 3.61. The van der Waals surface area contributed by atoms with Gasteiger partial charge in [-0.2, -0.15) is 0 Å². The fourth-order valence-corrected chi connectivity index (χ4v) is 1.45. The van der Waals surface area contributed by atoms with Crippen LogP contribution in [0.3, 0.4) is 0 Å². The molecule has 88 valence electrons. The molecule has 0 aromatic heterocycles. The van der Waals surface area contributed by atoms with Crippen molar-refractivity contribution in [1.82, 2.24) is 0 Å². The number of aliphatic hydroxyl groups is 1. The van der Waals surface area contributed by atoms with Gasteiger partial charge < -0.3 is 14.6 Å². The number of carbonyl (C=O) groups is 1. The van der Waals surface area contributed by atoms with Gasteiger partial charge in [-0.15, -0.1) is 11.6 Å². The van der Waals surface area contributed by atoms with Crippen molar-refractivity contribution < 1.29 is 19.4 Å². The molecule has 16 heavy (non-hydrogen) atoms. The van der Waals surface area contributed by atoms with Gasteiger partial charge in [0.1, 0.15) is 11.9 Å². The van der Waals surface area contributed by atoms with Gasteiger partial charge in [0.25, 0.3) is 0 Å². The predicted molar refractivity (Wildman–Crippen MR) is 59.6 cm³/mol. The van der Waals surface area contributed by atoms with Crippen LogP contribution in [-0.2, 0) is 9.53 Å². The third-order valence-corrected chi connectivity index (χ3v) is 2.58. The van der Waals surface area contributed by atoms with Crippen LogP contribution in [0, 0.1) is 0 Å². The first-order valence-electron chi connectivity index (χ1n) is 4.64. The number of benzene rings is 1. The first-order valence-corrected chi connectivity index (χ1v) is 5.07. The smallest absolute Gasteiger partial charge is 0.326 e. The minimum absolute atomic E-state index is 0.534. The van der Waals surface area contributed by atoms with Gasteiger partial charge in [0.2, 0.25) is 0 Å². The Morgan fingerprint density at radius 1 is 1.31 bits per heavy atom.